The molecule has 0 bridgehead atoms. The van der Waals surface area contributed by atoms with E-state index < -0.39 is 36.9 Å². The molecule has 8 nitrogen and oxygen atoms in total. The summed E-state index contributed by atoms with van der Waals surface area (Å²) in [6.07, 6.45) is -4.75. The Morgan fingerprint density at radius 1 is 1.63 bits per heavy atom. The van der Waals surface area contributed by atoms with Gasteiger partial charge < -0.3 is 20.7 Å². The summed E-state index contributed by atoms with van der Waals surface area (Å²) in [4.78, 5) is 25.7. The fourth-order valence-corrected chi connectivity index (χ4v) is 1.85. The first-order valence-electron chi connectivity index (χ1n) is 5.42. The maximum absolute atomic E-state index is 13.8. The number of nitrogens with zero attached hydrogens (tertiary/aromatic N) is 2. The van der Waals surface area contributed by atoms with Crippen molar-refractivity contribution >= 4 is 12.1 Å². The molecule has 1 aliphatic heterocycles. The average Bonchev–Trinajstić information content (AvgIpc) is 2.67. The number of nitrogens with two attached hydrogens (primary N) is 1. The molecule has 4 atom stereocenters. The van der Waals surface area contributed by atoms with Gasteiger partial charge in [0.2, 0.25) is 0 Å². The molecule has 0 radical (unpaired) electrons. The largest absolute Gasteiger partial charge is 0.394 e. The predicted molar refractivity (Wildman–Crippen MR) is 60.2 cm³/mol. The second-order valence-electron chi connectivity index (χ2n) is 4.07. The van der Waals surface area contributed by atoms with Gasteiger partial charge in [0.25, 0.3) is 0 Å². The lowest BCUT2D eigenvalue weighted by Gasteiger charge is -2.16. The standard InChI is InChI=1S/C10H12FN3O5/c11-6-7(17)5(3-16)19-9(6)14-1-4(2-15)8(12)13-10(14)18/h1-2,5-7,9,16-17H,3H2,(H2,12,13,18)/t5-,6-,7-,9-/m1/s1. The summed E-state index contributed by atoms with van der Waals surface area (Å²) in [7, 11) is 0. The van der Waals surface area contributed by atoms with Crippen LogP contribution in [0.2, 0.25) is 0 Å². The lowest BCUT2D eigenvalue weighted by Crippen LogP contribution is -2.34. The highest BCUT2D eigenvalue weighted by molar-refractivity contribution is 5.80. The minimum atomic E-state index is -1.93. The number of nitrogen functional groups attached to an aromatic ring is 1. The van der Waals surface area contributed by atoms with E-state index in [9.17, 15) is 19.1 Å². The third-order valence-corrected chi connectivity index (χ3v) is 2.89. The van der Waals surface area contributed by atoms with Crippen molar-refractivity contribution in [3.8, 4) is 0 Å². The van der Waals surface area contributed by atoms with Crippen LogP contribution < -0.4 is 11.4 Å². The van der Waals surface area contributed by atoms with Crippen LogP contribution in [0.3, 0.4) is 0 Å². The van der Waals surface area contributed by atoms with Crippen LogP contribution in [0.15, 0.2) is 11.0 Å². The van der Waals surface area contributed by atoms with Gasteiger partial charge in [-0.05, 0) is 0 Å². The van der Waals surface area contributed by atoms with E-state index in [2.05, 4.69) is 4.98 Å². The first-order chi connectivity index (χ1) is 8.99. The number of halogens is 1. The van der Waals surface area contributed by atoms with Gasteiger partial charge in [-0.25, -0.2) is 9.18 Å². The van der Waals surface area contributed by atoms with E-state index >= 15 is 0 Å². The third-order valence-electron chi connectivity index (χ3n) is 2.89. The van der Waals surface area contributed by atoms with Gasteiger partial charge in [0.05, 0.1) is 12.2 Å². The Morgan fingerprint density at radius 2 is 2.32 bits per heavy atom. The second kappa shape index (κ2) is 5.03. The van der Waals surface area contributed by atoms with Gasteiger partial charge in [-0.2, -0.15) is 4.98 Å². The van der Waals surface area contributed by atoms with E-state index in [1.165, 1.54) is 0 Å². The molecule has 1 aromatic heterocycles. The molecule has 104 valence electrons. The van der Waals surface area contributed by atoms with Crippen LogP contribution >= 0.6 is 0 Å². The van der Waals surface area contributed by atoms with Crippen LogP contribution in [0.5, 0.6) is 0 Å². The van der Waals surface area contributed by atoms with Crippen molar-refractivity contribution in [1.82, 2.24) is 9.55 Å². The molecule has 4 N–H and O–H groups in total. The highest BCUT2D eigenvalue weighted by Gasteiger charge is 2.45. The Morgan fingerprint density at radius 3 is 2.84 bits per heavy atom. The Balaban J connectivity index is 2.43. The van der Waals surface area contributed by atoms with Crippen LogP contribution in [0.25, 0.3) is 0 Å². The lowest BCUT2D eigenvalue weighted by molar-refractivity contribution is -0.0491. The second-order valence-corrected chi connectivity index (χ2v) is 4.07. The molecule has 1 aliphatic rings. The molecule has 19 heavy (non-hydrogen) atoms. The number of aliphatic hydroxyl groups excluding tert-OH is 2. The van der Waals surface area contributed by atoms with Gasteiger partial charge >= 0.3 is 5.69 Å². The van der Waals surface area contributed by atoms with Gasteiger partial charge in [0.15, 0.2) is 18.7 Å². The zero-order valence-corrected chi connectivity index (χ0v) is 9.64. The first kappa shape index (κ1) is 13.6. The molecule has 0 aliphatic carbocycles. The molecule has 0 spiro atoms. The van der Waals surface area contributed by atoms with Crippen molar-refractivity contribution < 1.29 is 24.1 Å². The zero-order chi connectivity index (χ0) is 14.2. The average molecular weight is 273 g/mol. The first-order valence-corrected chi connectivity index (χ1v) is 5.42. The van der Waals surface area contributed by atoms with Gasteiger partial charge in [-0.1, -0.05) is 0 Å². The van der Waals surface area contributed by atoms with Gasteiger partial charge in [-0.15, -0.1) is 0 Å². The summed E-state index contributed by atoms with van der Waals surface area (Å²) in [5, 5.41) is 18.4. The summed E-state index contributed by atoms with van der Waals surface area (Å²) in [6.45, 7) is -0.601. The van der Waals surface area contributed by atoms with Crippen LogP contribution in [0.1, 0.15) is 16.6 Å². The number of aromatic nitrogens is 2. The van der Waals surface area contributed by atoms with Crippen LogP contribution in [-0.4, -0.2) is 51.0 Å². The van der Waals surface area contributed by atoms with E-state index in [-0.39, 0.29) is 11.4 Å². The number of hydrogen-bond donors (Lipinski definition) is 3. The Labute approximate surface area is 106 Å². The topological polar surface area (TPSA) is 128 Å². The summed E-state index contributed by atoms with van der Waals surface area (Å²) in [5.74, 6) is -0.274. The highest BCUT2D eigenvalue weighted by Crippen LogP contribution is 2.30. The van der Waals surface area contributed by atoms with Crippen molar-refractivity contribution in [1.29, 1.82) is 0 Å². The quantitative estimate of drug-likeness (QED) is 0.556. The van der Waals surface area contributed by atoms with Gasteiger partial charge in [-0.3, -0.25) is 9.36 Å². The van der Waals surface area contributed by atoms with Crippen LogP contribution in [0.4, 0.5) is 10.2 Å². The molecular weight excluding hydrogens is 261 g/mol. The number of aldehydes is 1. The van der Waals surface area contributed by atoms with E-state index in [0.29, 0.717) is 6.29 Å². The molecule has 2 rings (SSSR count). The Hall–Kier alpha value is -1.84. The SMILES string of the molecule is Nc1nc(=O)n([C@@H]2O[C@H](CO)[C@@H](O)[C@H]2F)cc1C=O. The van der Waals surface area contributed by atoms with Crippen molar-refractivity contribution in [2.24, 2.45) is 0 Å². The van der Waals surface area contributed by atoms with Crippen molar-refractivity contribution in [3.63, 3.8) is 0 Å². The molecule has 1 saturated heterocycles. The van der Waals surface area contributed by atoms with Crippen molar-refractivity contribution in [3.05, 3.63) is 22.2 Å². The lowest BCUT2D eigenvalue weighted by atomic mass is 10.1. The summed E-state index contributed by atoms with van der Waals surface area (Å²) in [6, 6.07) is 0. The molecule has 0 unspecified atom stereocenters. The van der Waals surface area contributed by atoms with E-state index in [1.807, 2.05) is 0 Å². The number of carbonyl (C=O) groups is 1. The van der Waals surface area contributed by atoms with Crippen molar-refractivity contribution in [2.45, 2.75) is 24.6 Å². The van der Waals surface area contributed by atoms with Crippen molar-refractivity contribution in [2.75, 3.05) is 12.3 Å². The molecule has 0 aromatic carbocycles. The molecule has 1 fully saturated rings. The molecule has 1 aromatic rings. The molecule has 0 amide bonds. The fraction of sp³-hybridized carbons (Fsp3) is 0.500. The smallest absolute Gasteiger partial charge is 0.351 e. The molecule has 2 heterocycles. The van der Waals surface area contributed by atoms with Crippen LogP contribution in [-0.2, 0) is 4.74 Å². The number of carbonyl (C=O) groups excluding carboxylic acids is 1. The Kier molecular flexibility index (Phi) is 3.60. The number of hydrogen-bond acceptors (Lipinski definition) is 7. The number of ether oxygens (including phenoxy) is 1. The number of anilines is 1. The Bertz CT molecular complexity index is 548. The maximum atomic E-state index is 13.8. The summed E-state index contributed by atoms with van der Waals surface area (Å²) < 4.78 is 19.6. The van der Waals surface area contributed by atoms with E-state index in [0.717, 1.165) is 10.8 Å². The van der Waals surface area contributed by atoms with E-state index in [4.69, 9.17) is 15.6 Å². The fourth-order valence-electron chi connectivity index (χ4n) is 1.85. The maximum Gasteiger partial charge on any atom is 0.351 e. The predicted octanol–water partition coefficient (Wildman–Crippen LogP) is -1.77. The van der Waals surface area contributed by atoms with Gasteiger partial charge in [0.1, 0.15) is 18.0 Å². The highest BCUT2D eigenvalue weighted by atomic mass is 19.1. The molecule has 9 heteroatoms. The normalized spacial score (nSPS) is 30.5. The molecular formula is C10H12FN3O5. The minimum absolute atomic E-state index is 0.0997. The number of aliphatic hydroxyl groups is 2. The number of alkyl halides is 1. The van der Waals surface area contributed by atoms with E-state index in [1.54, 1.807) is 0 Å². The molecule has 0 saturated carbocycles. The third kappa shape index (κ3) is 2.23. The number of rotatable bonds is 3. The minimum Gasteiger partial charge on any atom is -0.394 e. The van der Waals surface area contributed by atoms with Gasteiger partial charge in [0, 0.05) is 6.20 Å². The monoisotopic (exact) mass is 273 g/mol. The summed E-state index contributed by atoms with van der Waals surface area (Å²) >= 11 is 0. The van der Waals surface area contributed by atoms with Crippen LogP contribution in [0, 0.1) is 0 Å². The zero-order valence-electron chi connectivity index (χ0n) is 9.64. The summed E-state index contributed by atoms with van der Waals surface area (Å²) in [5.41, 5.74) is 4.32.